The van der Waals surface area contributed by atoms with Crippen LogP contribution in [0.2, 0.25) is 10.0 Å². The molecule has 0 saturated heterocycles. The second-order valence-electron chi connectivity index (χ2n) is 9.05. The number of rotatable bonds is 9. The standard InChI is InChI=1S/C30H31Cl2N3O2/c1-4-7-18-34(29(36)21-14-17-24(31)25(32)19-21)27(6-3)28-33-26-11-9-8-10-23(26)30(37)35(28)22-15-12-20(5-2)13-16-22/h8-17,19,27H,4-7,18H2,1-3H3. The van der Waals surface area contributed by atoms with Gasteiger partial charge in [-0.15, -0.1) is 0 Å². The Labute approximate surface area is 227 Å². The summed E-state index contributed by atoms with van der Waals surface area (Å²) in [5, 5.41) is 1.26. The van der Waals surface area contributed by atoms with Crippen molar-refractivity contribution in [2.75, 3.05) is 6.54 Å². The zero-order valence-corrected chi connectivity index (χ0v) is 22.9. The predicted octanol–water partition coefficient (Wildman–Crippen LogP) is 7.65. The number of aryl methyl sites for hydroxylation is 1. The van der Waals surface area contributed by atoms with E-state index >= 15 is 0 Å². The fourth-order valence-corrected chi connectivity index (χ4v) is 4.87. The van der Waals surface area contributed by atoms with Gasteiger partial charge in [0, 0.05) is 12.1 Å². The molecule has 1 atom stereocenters. The lowest BCUT2D eigenvalue weighted by Crippen LogP contribution is -2.39. The van der Waals surface area contributed by atoms with Crippen LogP contribution < -0.4 is 5.56 Å². The minimum atomic E-state index is -0.434. The van der Waals surface area contributed by atoms with Crippen molar-refractivity contribution in [2.24, 2.45) is 0 Å². The van der Waals surface area contributed by atoms with Crippen molar-refractivity contribution in [3.63, 3.8) is 0 Å². The van der Waals surface area contributed by atoms with Gasteiger partial charge in [0.25, 0.3) is 11.5 Å². The molecule has 0 N–H and O–H groups in total. The molecule has 4 aromatic rings. The summed E-state index contributed by atoms with van der Waals surface area (Å²) in [5.74, 6) is 0.370. The van der Waals surface area contributed by atoms with Crippen molar-refractivity contribution in [1.82, 2.24) is 14.5 Å². The molecule has 192 valence electrons. The highest BCUT2D eigenvalue weighted by molar-refractivity contribution is 6.42. The molecule has 0 radical (unpaired) electrons. The fourth-order valence-electron chi connectivity index (χ4n) is 4.57. The summed E-state index contributed by atoms with van der Waals surface area (Å²) in [4.78, 5) is 34.5. The van der Waals surface area contributed by atoms with Gasteiger partial charge in [0.15, 0.2) is 0 Å². The predicted molar refractivity (Wildman–Crippen MR) is 152 cm³/mol. The molecule has 4 rings (SSSR count). The van der Waals surface area contributed by atoms with E-state index in [-0.39, 0.29) is 11.5 Å². The highest BCUT2D eigenvalue weighted by Crippen LogP contribution is 2.30. The van der Waals surface area contributed by atoms with Crippen molar-refractivity contribution in [2.45, 2.75) is 52.5 Å². The van der Waals surface area contributed by atoms with E-state index in [4.69, 9.17) is 28.2 Å². The second-order valence-corrected chi connectivity index (χ2v) is 9.87. The maximum absolute atomic E-state index is 13.9. The number of amides is 1. The third-order valence-electron chi connectivity index (χ3n) is 6.65. The molecule has 1 amide bonds. The van der Waals surface area contributed by atoms with Gasteiger partial charge in [0.2, 0.25) is 0 Å². The van der Waals surface area contributed by atoms with E-state index in [1.54, 1.807) is 28.8 Å². The van der Waals surface area contributed by atoms with E-state index in [9.17, 15) is 9.59 Å². The van der Waals surface area contributed by atoms with Crippen LogP contribution in [-0.2, 0) is 6.42 Å². The number of aromatic nitrogens is 2. The largest absolute Gasteiger partial charge is 0.328 e. The van der Waals surface area contributed by atoms with E-state index in [1.165, 1.54) is 5.56 Å². The van der Waals surface area contributed by atoms with Crippen LogP contribution in [0, 0.1) is 0 Å². The normalized spacial score (nSPS) is 12.0. The van der Waals surface area contributed by atoms with Crippen molar-refractivity contribution >= 4 is 40.0 Å². The van der Waals surface area contributed by atoms with Crippen LogP contribution in [0.4, 0.5) is 0 Å². The van der Waals surface area contributed by atoms with Crippen LogP contribution in [0.25, 0.3) is 16.6 Å². The maximum atomic E-state index is 13.9. The van der Waals surface area contributed by atoms with E-state index < -0.39 is 6.04 Å². The molecule has 37 heavy (non-hydrogen) atoms. The molecule has 0 saturated carbocycles. The summed E-state index contributed by atoms with van der Waals surface area (Å²) in [6.07, 6.45) is 3.21. The van der Waals surface area contributed by atoms with Crippen LogP contribution in [0.15, 0.2) is 71.5 Å². The molecule has 7 heteroatoms. The third-order valence-corrected chi connectivity index (χ3v) is 7.38. The quantitative estimate of drug-likeness (QED) is 0.221. The number of carbonyl (C=O) groups is 1. The Kier molecular flexibility index (Phi) is 8.67. The molecule has 5 nitrogen and oxygen atoms in total. The molecular weight excluding hydrogens is 505 g/mol. The summed E-state index contributed by atoms with van der Waals surface area (Å²) in [5.41, 5.74) is 2.82. The number of fused-ring (bicyclic) bond motifs is 1. The topological polar surface area (TPSA) is 55.2 Å². The molecule has 0 fully saturated rings. The zero-order chi connectivity index (χ0) is 26.5. The van der Waals surface area contributed by atoms with E-state index in [0.717, 1.165) is 24.9 Å². The van der Waals surface area contributed by atoms with Crippen molar-refractivity contribution in [1.29, 1.82) is 0 Å². The van der Waals surface area contributed by atoms with Gasteiger partial charge in [-0.3, -0.25) is 14.2 Å². The minimum Gasteiger partial charge on any atom is -0.328 e. The van der Waals surface area contributed by atoms with Crippen LogP contribution in [-0.4, -0.2) is 26.9 Å². The summed E-state index contributed by atoms with van der Waals surface area (Å²) in [6.45, 7) is 6.71. The first kappa shape index (κ1) is 26.9. The first-order valence-corrected chi connectivity index (χ1v) is 13.5. The molecule has 0 aliphatic heterocycles. The van der Waals surface area contributed by atoms with Gasteiger partial charge < -0.3 is 4.90 Å². The monoisotopic (exact) mass is 535 g/mol. The zero-order valence-electron chi connectivity index (χ0n) is 21.4. The van der Waals surface area contributed by atoms with Crippen LogP contribution in [0.3, 0.4) is 0 Å². The summed E-state index contributed by atoms with van der Waals surface area (Å²) < 4.78 is 1.66. The first-order valence-electron chi connectivity index (χ1n) is 12.8. The molecule has 0 spiro atoms. The molecule has 3 aromatic carbocycles. The lowest BCUT2D eigenvalue weighted by atomic mass is 10.1. The van der Waals surface area contributed by atoms with Crippen LogP contribution >= 0.6 is 23.2 Å². The fraction of sp³-hybridized carbons (Fsp3) is 0.300. The Morgan fingerprint density at radius 2 is 1.70 bits per heavy atom. The molecule has 0 aliphatic carbocycles. The Bertz CT molecular complexity index is 1460. The highest BCUT2D eigenvalue weighted by Gasteiger charge is 2.29. The number of unbranched alkanes of at least 4 members (excludes halogenated alkanes) is 1. The summed E-state index contributed by atoms with van der Waals surface area (Å²) in [6, 6.07) is 19.8. The third kappa shape index (κ3) is 5.58. The van der Waals surface area contributed by atoms with Crippen LogP contribution in [0.5, 0.6) is 0 Å². The van der Waals surface area contributed by atoms with Crippen molar-refractivity contribution < 1.29 is 4.79 Å². The number of hydrogen-bond donors (Lipinski definition) is 0. The number of benzene rings is 3. The lowest BCUT2D eigenvalue weighted by Gasteiger charge is -2.32. The van der Waals surface area contributed by atoms with Gasteiger partial charge in [-0.25, -0.2) is 4.98 Å². The Morgan fingerprint density at radius 1 is 0.973 bits per heavy atom. The molecular formula is C30H31Cl2N3O2. The number of nitrogens with zero attached hydrogens (tertiary/aromatic N) is 3. The van der Waals surface area contributed by atoms with Gasteiger partial charge in [-0.05, 0) is 67.3 Å². The van der Waals surface area contributed by atoms with E-state index in [0.29, 0.717) is 45.3 Å². The van der Waals surface area contributed by atoms with Gasteiger partial charge in [-0.1, -0.05) is 74.7 Å². The number of para-hydroxylation sites is 1. The number of halogens is 2. The molecule has 1 unspecified atom stereocenters. The summed E-state index contributed by atoms with van der Waals surface area (Å²) >= 11 is 12.4. The molecule has 1 heterocycles. The van der Waals surface area contributed by atoms with Crippen LogP contribution in [0.1, 0.15) is 67.8 Å². The van der Waals surface area contributed by atoms with Gasteiger partial charge in [-0.2, -0.15) is 0 Å². The van der Waals surface area contributed by atoms with E-state index in [1.807, 2.05) is 54.3 Å². The average Bonchev–Trinajstić information content (AvgIpc) is 2.92. The first-order chi connectivity index (χ1) is 17.9. The van der Waals surface area contributed by atoms with Gasteiger partial charge in [0.1, 0.15) is 5.82 Å². The lowest BCUT2D eigenvalue weighted by molar-refractivity contribution is 0.0656. The molecule has 0 bridgehead atoms. The Balaban J connectivity index is 1.92. The molecule has 1 aromatic heterocycles. The van der Waals surface area contributed by atoms with E-state index in [2.05, 4.69) is 13.8 Å². The smallest absolute Gasteiger partial charge is 0.266 e. The Hall–Kier alpha value is -3.15. The maximum Gasteiger partial charge on any atom is 0.266 e. The highest BCUT2D eigenvalue weighted by atomic mass is 35.5. The SMILES string of the molecule is CCCCN(C(=O)c1ccc(Cl)c(Cl)c1)C(CC)c1nc2ccccc2c(=O)n1-c1ccc(CC)cc1. The minimum absolute atomic E-state index is 0.152. The second kappa shape index (κ2) is 11.9. The van der Waals surface area contributed by atoms with Gasteiger partial charge in [0.05, 0.1) is 32.7 Å². The van der Waals surface area contributed by atoms with Crippen molar-refractivity contribution in [3.05, 3.63) is 104 Å². The van der Waals surface area contributed by atoms with Crippen molar-refractivity contribution in [3.8, 4) is 5.69 Å². The molecule has 0 aliphatic rings. The van der Waals surface area contributed by atoms with Gasteiger partial charge >= 0.3 is 0 Å². The number of carbonyl (C=O) groups excluding carboxylic acids is 1. The summed E-state index contributed by atoms with van der Waals surface area (Å²) in [7, 11) is 0. The Morgan fingerprint density at radius 3 is 2.35 bits per heavy atom. The number of hydrogen-bond acceptors (Lipinski definition) is 3. The average molecular weight is 537 g/mol.